The van der Waals surface area contributed by atoms with Gasteiger partial charge in [-0.3, -0.25) is 4.98 Å². The van der Waals surface area contributed by atoms with Crippen molar-refractivity contribution in [1.82, 2.24) is 9.88 Å². The molecule has 1 fully saturated rings. The topological polar surface area (TPSA) is 90.7 Å². The molecule has 1 saturated heterocycles. The van der Waals surface area contributed by atoms with Crippen LogP contribution in [0.25, 0.3) is 22.0 Å². The number of carbonyl (C=O) groups is 2. The molecular weight excluding hydrogens is 404 g/mol. The molecule has 0 spiro atoms. The molecule has 32 heavy (non-hydrogen) atoms. The lowest BCUT2D eigenvalue weighted by Crippen LogP contribution is -2.31. The van der Waals surface area contributed by atoms with Gasteiger partial charge in [0, 0.05) is 41.3 Å². The molecule has 0 amide bonds. The molecule has 1 aliphatic rings. The van der Waals surface area contributed by atoms with Gasteiger partial charge in [0.05, 0.1) is 5.69 Å². The van der Waals surface area contributed by atoms with Crippen molar-refractivity contribution >= 4 is 22.7 Å². The van der Waals surface area contributed by atoms with Gasteiger partial charge >= 0.3 is 11.9 Å². The Kier molecular flexibility index (Phi) is 7.25. The summed E-state index contributed by atoms with van der Waals surface area (Å²) < 4.78 is 0. The molecule has 2 N–H and O–H groups in total. The standard InChI is InChI=1S/C24H26N2.C2H2O4/c1-17(2)26-14-12-19(13-15-26)23-16-20-9-5-7-11-22(20)24(25-23)21-10-6-4-8-18(21)3;3-1(4)2(5)6/h4-11,16,19H,1,12-15H2,2-3H3;(H,3,4)(H,5,6). The minimum atomic E-state index is -1.82. The summed E-state index contributed by atoms with van der Waals surface area (Å²) in [6, 6.07) is 19.5. The van der Waals surface area contributed by atoms with Crippen LogP contribution in [-0.4, -0.2) is 45.1 Å². The molecule has 0 bridgehead atoms. The third-order valence-electron chi connectivity index (χ3n) is 5.80. The van der Waals surface area contributed by atoms with Crippen LogP contribution in [0.4, 0.5) is 0 Å². The third-order valence-corrected chi connectivity index (χ3v) is 5.80. The highest BCUT2D eigenvalue weighted by molar-refractivity contribution is 6.27. The number of pyridine rings is 1. The summed E-state index contributed by atoms with van der Waals surface area (Å²) in [6.45, 7) is 10.5. The molecule has 1 aliphatic heterocycles. The molecule has 0 aliphatic carbocycles. The molecule has 0 saturated carbocycles. The maximum Gasteiger partial charge on any atom is 0.414 e. The van der Waals surface area contributed by atoms with E-state index in [1.807, 2.05) is 0 Å². The summed E-state index contributed by atoms with van der Waals surface area (Å²) in [4.78, 5) is 25.8. The molecule has 1 aromatic heterocycles. The highest BCUT2D eigenvalue weighted by Gasteiger charge is 2.22. The van der Waals surface area contributed by atoms with E-state index in [0.29, 0.717) is 5.92 Å². The van der Waals surface area contributed by atoms with Gasteiger partial charge < -0.3 is 15.1 Å². The predicted octanol–water partition coefficient (Wildman–Crippen LogP) is 5.08. The Morgan fingerprint density at radius 2 is 1.59 bits per heavy atom. The Hall–Kier alpha value is -3.67. The van der Waals surface area contributed by atoms with Crippen molar-refractivity contribution < 1.29 is 19.8 Å². The quantitative estimate of drug-likeness (QED) is 0.561. The van der Waals surface area contributed by atoms with Crippen molar-refractivity contribution in [2.24, 2.45) is 0 Å². The van der Waals surface area contributed by atoms with Crippen LogP contribution >= 0.6 is 0 Å². The lowest BCUT2D eigenvalue weighted by atomic mass is 9.90. The minimum Gasteiger partial charge on any atom is -0.473 e. The van der Waals surface area contributed by atoms with Crippen molar-refractivity contribution in [2.45, 2.75) is 32.6 Å². The molecule has 3 aromatic rings. The van der Waals surface area contributed by atoms with Crippen molar-refractivity contribution in [1.29, 1.82) is 0 Å². The second kappa shape index (κ2) is 10.1. The lowest BCUT2D eigenvalue weighted by Gasteiger charge is -2.33. The monoisotopic (exact) mass is 432 g/mol. The van der Waals surface area contributed by atoms with E-state index >= 15 is 0 Å². The van der Waals surface area contributed by atoms with E-state index in [2.05, 4.69) is 79.9 Å². The molecule has 6 heteroatoms. The van der Waals surface area contributed by atoms with Crippen molar-refractivity contribution in [2.75, 3.05) is 13.1 Å². The first-order chi connectivity index (χ1) is 15.3. The summed E-state index contributed by atoms with van der Waals surface area (Å²) >= 11 is 0. The smallest absolute Gasteiger partial charge is 0.414 e. The number of hydrogen-bond donors (Lipinski definition) is 2. The zero-order valence-electron chi connectivity index (χ0n) is 18.4. The maximum atomic E-state index is 9.10. The number of carboxylic acid groups (broad SMARTS) is 2. The van der Waals surface area contributed by atoms with Crippen LogP contribution in [0.2, 0.25) is 0 Å². The zero-order chi connectivity index (χ0) is 23.3. The summed E-state index contributed by atoms with van der Waals surface area (Å²) in [7, 11) is 0. The number of aliphatic carboxylic acids is 2. The van der Waals surface area contributed by atoms with Gasteiger partial charge in [-0.2, -0.15) is 0 Å². The molecule has 0 unspecified atom stereocenters. The Bertz CT molecular complexity index is 1140. The van der Waals surface area contributed by atoms with Crippen molar-refractivity contribution in [3.8, 4) is 11.3 Å². The molecule has 0 atom stereocenters. The summed E-state index contributed by atoms with van der Waals surface area (Å²) in [6.07, 6.45) is 2.29. The number of allylic oxidation sites excluding steroid dienone is 1. The Labute approximate surface area is 187 Å². The third kappa shape index (κ3) is 5.32. The van der Waals surface area contributed by atoms with E-state index in [9.17, 15) is 0 Å². The normalized spacial score (nSPS) is 13.9. The lowest BCUT2D eigenvalue weighted by molar-refractivity contribution is -0.159. The number of rotatable bonds is 3. The number of nitrogens with zero attached hydrogens (tertiary/aromatic N) is 2. The molecule has 166 valence electrons. The average Bonchev–Trinajstić information content (AvgIpc) is 2.79. The summed E-state index contributed by atoms with van der Waals surface area (Å²) in [5.74, 6) is -3.12. The van der Waals surface area contributed by atoms with Gasteiger partial charge in [-0.05, 0) is 43.7 Å². The summed E-state index contributed by atoms with van der Waals surface area (Å²) in [5.41, 5.74) is 6.06. The second-order valence-electron chi connectivity index (χ2n) is 8.04. The van der Waals surface area contributed by atoms with Crippen LogP contribution in [-0.2, 0) is 9.59 Å². The number of aryl methyl sites for hydroxylation is 1. The zero-order valence-corrected chi connectivity index (χ0v) is 18.4. The second-order valence-corrected chi connectivity index (χ2v) is 8.04. The molecule has 2 aromatic carbocycles. The maximum absolute atomic E-state index is 9.10. The number of likely N-dealkylation sites (tertiary alicyclic amines) is 1. The highest BCUT2D eigenvalue weighted by Crippen LogP contribution is 2.34. The Morgan fingerprint density at radius 3 is 2.19 bits per heavy atom. The first-order valence-electron chi connectivity index (χ1n) is 10.6. The molecule has 0 radical (unpaired) electrons. The van der Waals surface area contributed by atoms with Crippen LogP contribution in [0.1, 0.15) is 36.9 Å². The molecule has 6 nitrogen and oxygen atoms in total. The predicted molar refractivity (Wildman–Crippen MR) is 126 cm³/mol. The highest BCUT2D eigenvalue weighted by atomic mass is 16.4. The van der Waals surface area contributed by atoms with Crippen molar-refractivity contribution in [3.63, 3.8) is 0 Å². The van der Waals surface area contributed by atoms with Gasteiger partial charge in [-0.1, -0.05) is 55.1 Å². The van der Waals surface area contributed by atoms with E-state index in [1.165, 1.54) is 33.3 Å². The number of fused-ring (bicyclic) bond motifs is 1. The van der Waals surface area contributed by atoms with Crippen LogP contribution in [0.3, 0.4) is 0 Å². The first kappa shape index (κ1) is 23.0. The van der Waals surface area contributed by atoms with Crippen LogP contribution < -0.4 is 0 Å². The van der Waals surface area contributed by atoms with Gasteiger partial charge in [0.1, 0.15) is 0 Å². The van der Waals surface area contributed by atoms with Gasteiger partial charge in [-0.25, -0.2) is 9.59 Å². The average molecular weight is 433 g/mol. The number of piperidine rings is 1. The van der Waals surface area contributed by atoms with Crippen molar-refractivity contribution in [3.05, 3.63) is 78.1 Å². The van der Waals surface area contributed by atoms with Gasteiger partial charge in [0.25, 0.3) is 0 Å². The van der Waals surface area contributed by atoms with E-state index in [4.69, 9.17) is 24.8 Å². The summed E-state index contributed by atoms with van der Waals surface area (Å²) in [5, 5.41) is 17.3. The number of hydrogen-bond acceptors (Lipinski definition) is 4. The molecule has 4 rings (SSSR count). The van der Waals surface area contributed by atoms with E-state index in [-0.39, 0.29) is 0 Å². The van der Waals surface area contributed by atoms with E-state index in [1.54, 1.807) is 0 Å². The Balaban J connectivity index is 0.000000427. The van der Waals surface area contributed by atoms with E-state index < -0.39 is 11.9 Å². The number of carboxylic acids is 2. The fourth-order valence-electron chi connectivity index (χ4n) is 4.03. The van der Waals surface area contributed by atoms with Gasteiger partial charge in [0.15, 0.2) is 0 Å². The fourth-order valence-corrected chi connectivity index (χ4v) is 4.03. The molecular formula is C26H28N2O4. The minimum absolute atomic E-state index is 0.526. The molecule has 2 heterocycles. The van der Waals surface area contributed by atoms with Gasteiger partial charge in [0.2, 0.25) is 0 Å². The Morgan fingerprint density at radius 1 is 1.00 bits per heavy atom. The largest absolute Gasteiger partial charge is 0.473 e. The van der Waals surface area contributed by atoms with Crippen LogP contribution in [0.5, 0.6) is 0 Å². The SMILES string of the molecule is C=C(C)N1CCC(c2cc3ccccc3c(-c3ccccc3C)n2)CC1.O=C(O)C(=O)O. The van der Waals surface area contributed by atoms with Gasteiger partial charge in [-0.15, -0.1) is 0 Å². The van der Waals surface area contributed by atoms with Crippen LogP contribution in [0, 0.1) is 6.92 Å². The fraction of sp³-hybridized carbons (Fsp3) is 0.269. The number of benzene rings is 2. The van der Waals surface area contributed by atoms with E-state index in [0.717, 1.165) is 31.6 Å². The van der Waals surface area contributed by atoms with Crippen LogP contribution in [0.15, 0.2) is 66.9 Å². The number of aromatic nitrogens is 1. The first-order valence-corrected chi connectivity index (χ1v) is 10.6.